The monoisotopic (exact) mass is 504 g/mol. The third-order valence-electron chi connectivity index (χ3n) is 5.94. The van der Waals surface area contributed by atoms with Crippen LogP contribution in [0.4, 0.5) is 0 Å². The van der Waals surface area contributed by atoms with E-state index in [4.69, 9.17) is 9.47 Å². The molecule has 0 aliphatic rings. The molecule has 0 rings (SSSR count). The highest BCUT2D eigenvalue weighted by Crippen LogP contribution is 2.14. The first-order valence-corrected chi connectivity index (χ1v) is 14.7. The first kappa shape index (κ1) is 30.9. The predicted molar refractivity (Wildman–Crippen MR) is 138 cm³/mol. The van der Waals surface area contributed by atoms with Gasteiger partial charge in [-0.05, 0) is 25.7 Å². The lowest BCUT2D eigenvalue weighted by Gasteiger charge is -2.16. The fourth-order valence-electron chi connectivity index (χ4n) is 3.92. The van der Waals surface area contributed by atoms with Crippen LogP contribution in [0.3, 0.4) is 0 Å². The van der Waals surface area contributed by atoms with Gasteiger partial charge in [0.1, 0.15) is 0 Å². The minimum absolute atomic E-state index is 0.0611. The maximum Gasteiger partial charge on any atom is 0.305 e. The van der Waals surface area contributed by atoms with Gasteiger partial charge < -0.3 is 9.47 Å². The Kier molecular flexibility index (Phi) is 26.1. The van der Waals surface area contributed by atoms with Crippen molar-refractivity contribution < 1.29 is 14.3 Å². The van der Waals surface area contributed by atoms with Gasteiger partial charge >= 0.3 is 5.97 Å². The lowest BCUT2D eigenvalue weighted by molar-refractivity contribution is -0.145. The summed E-state index contributed by atoms with van der Waals surface area (Å²) in [5, 5.41) is 0.950. The van der Waals surface area contributed by atoms with Gasteiger partial charge in [0.25, 0.3) is 0 Å². The van der Waals surface area contributed by atoms with E-state index in [0.717, 1.165) is 50.6 Å². The molecule has 31 heavy (non-hydrogen) atoms. The number of alkyl halides is 1. The quantitative estimate of drug-likeness (QED) is 0.0705. The second-order valence-electron chi connectivity index (χ2n) is 9.15. The van der Waals surface area contributed by atoms with E-state index in [1.54, 1.807) is 0 Å². The fourth-order valence-corrected chi connectivity index (χ4v) is 4.31. The molecule has 0 N–H and O–H groups in total. The third kappa shape index (κ3) is 24.4. The first-order chi connectivity index (χ1) is 15.2. The second-order valence-corrected chi connectivity index (χ2v) is 9.95. The van der Waals surface area contributed by atoms with E-state index in [0.29, 0.717) is 18.9 Å². The SMILES string of the molecule is CCCCCCCCCCCCCCCCOCC(CCC)COC(=O)CCCCBr. The van der Waals surface area contributed by atoms with Crippen LogP contribution >= 0.6 is 15.9 Å². The number of halogens is 1. The van der Waals surface area contributed by atoms with Crippen molar-refractivity contribution in [3.05, 3.63) is 0 Å². The zero-order chi connectivity index (χ0) is 22.8. The van der Waals surface area contributed by atoms with Gasteiger partial charge in [-0.15, -0.1) is 0 Å². The average molecular weight is 506 g/mol. The molecule has 0 amide bonds. The number of carbonyl (C=O) groups excluding carboxylic acids is 1. The normalized spacial score (nSPS) is 12.2. The van der Waals surface area contributed by atoms with Crippen LogP contribution in [-0.4, -0.2) is 31.1 Å². The summed E-state index contributed by atoms with van der Waals surface area (Å²) in [6.45, 7) is 6.54. The molecule has 1 atom stereocenters. The number of hydrogen-bond donors (Lipinski definition) is 0. The van der Waals surface area contributed by atoms with Crippen molar-refractivity contribution in [2.24, 2.45) is 5.92 Å². The van der Waals surface area contributed by atoms with Gasteiger partial charge in [-0.25, -0.2) is 0 Å². The standard InChI is InChI=1S/C27H53BrO3/c1-3-5-6-7-8-9-10-11-12-13-14-15-16-19-23-30-24-26(20-4-2)25-31-27(29)21-17-18-22-28/h26H,3-25H2,1-2H3. The Balaban J connectivity index is 3.43. The molecule has 0 spiro atoms. The molecule has 0 aromatic heterocycles. The minimum atomic E-state index is -0.0611. The molecule has 0 aromatic rings. The Morgan fingerprint density at radius 1 is 0.677 bits per heavy atom. The van der Waals surface area contributed by atoms with E-state index in [9.17, 15) is 4.79 Å². The molecule has 0 saturated heterocycles. The summed E-state index contributed by atoms with van der Waals surface area (Å²) in [4.78, 5) is 11.8. The summed E-state index contributed by atoms with van der Waals surface area (Å²) in [6, 6.07) is 0. The molecule has 4 heteroatoms. The first-order valence-electron chi connectivity index (χ1n) is 13.5. The highest BCUT2D eigenvalue weighted by Gasteiger charge is 2.11. The maximum absolute atomic E-state index is 11.8. The van der Waals surface area contributed by atoms with E-state index in [-0.39, 0.29) is 5.97 Å². The summed E-state index contributed by atoms with van der Waals surface area (Å²) in [6.07, 6.45) is 24.0. The largest absolute Gasteiger partial charge is 0.465 e. The van der Waals surface area contributed by atoms with Gasteiger partial charge in [0.15, 0.2) is 0 Å². The number of rotatable bonds is 25. The lowest BCUT2D eigenvalue weighted by atomic mass is 10.0. The van der Waals surface area contributed by atoms with Gasteiger partial charge in [-0.2, -0.15) is 0 Å². The zero-order valence-corrected chi connectivity index (χ0v) is 22.5. The highest BCUT2D eigenvalue weighted by molar-refractivity contribution is 9.09. The number of esters is 1. The van der Waals surface area contributed by atoms with Crippen molar-refractivity contribution in [1.29, 1.82) is 0 Å². The zero-order valence-electron chi connectivity index (χ0n) is 20.9. The van der Waals surface area contributed by atoms with E-state index in [1.165, 1.54) is 83.5 Å². The van der Waals surface area contributed by atoms with Crippen LogP contribution in [-0.2, 0) is 14.3 Å². The van der Waals surface area contributed by atoms with E-state index in [2.05, 4.69) is 29.8 Å². The molecular weight excluding hydrogens is 452 g/mol. The molecule has 0 radical (unpaired) electrons. The molecule has 0 heterocycles. The smallest absolute Gasteiger partial charge is 0.305 e. The van der Waals surface area contributed by atoms with Crippen molar-refractivity contribution in [3.63, 3.8) is 0 Å². The van der Waals surface area contributed by atoms with Gasteiger partial charge in [0.2, 0.25) is 0 Å². The number of hydrogen-bond acceptors (Lipinski definition) is 3. The molecule has 0 saturated carbocycles. The van der Waals surface area contributed by atoms with Crippen molar-refractivity contribution in [1.82, 2.24) is 0 Å². The van der Waals surface area contributed by atoms with E-state index in [1.807, 2.05) is 0 Å². The van der Waals surface area contributed by atoms with Crippen molar-refractivity contribution >= 4 is 21.9 Å². The number of ether oxygens (including phenoxy) is 2. The number of unbranched alkanes of at least 4 members (excludes halogenated alkanes) is 14. The van der Waals surface area contributed by atoms with Crippen LogP contribution in [0.1, 0.15) is 136 Å². The third-order valence-corrected chi connectivity index (χ3v) is 6.50. The summed E-state index contributed by atoms with van der Waals surface area (Å²) in [5.74, 6) is 0.283. The van der Waals surface area contributed by atoms with Crippen LogP contribution in [0.5, 0.6) is 0 Å². The molecule has 0 aliphatic carbocycles. The molecule has 0 fully saturated rings. The van der Waals surface area contributed by atoms with Crippen LogP contribution in [0, 0.1) is 5.92 Å². The van der Waals surface area contributed by atoms with Crippen LogP contribution < -0.4 is 0 Å². The van der Waals surface area contributed by atoms with Gasteiger partial charge in [0.05, 0.1) is 13.2 Å². The fraction of sp³-hybridized carbons (Fsp3) is 0.963. The number of carbonyl (C=O) groups is 1. The Morgan fingerprint density at radius 2 is 1.23 bits per heavy atom. The van der Waals surface area contributed by atoms with Gasteiger partial charge in [-0.3, -0.25) is 4.79 Å². The Morgan fingerprint density at radius 3 is 1.74 bits per heavy atom. The van der Waals surface area contributed by atoms with Crippen LogP contribution in [0.15, 0.2) is 0 Å². The van der Waals surface area contributed by atoms with Crippen molar-refractivity contribution in [3.8, 4) is 0 Å². The predicted octanol–water partition coefficient (Wildman–Crippen LogP) is 9.01. The van der Waals surface area contributed by atoms with Crippen molar-refractivity contribution in [2.45, 2.75) is 136 Å². The molecule has 186 valence electrons. The topological polar surface area (TPSA) is 35.5 Å². The average Bonchev–Trinajstić information content (AvgIpc) is 2.77. The van der Waals surface area contributed by atoms with Gasteiger partial charge in [0, 0.05) is 24.3 Å². The van der Waals surface area contributed by atoms with E-state index < -0.39 is 0 Å². The highest BCUT2D eigenvalue weighted by atomic mass is 79.9. The second kappa shape index (κ2) is 26.2. The van der Waals surface area contributed by atoms with E-state index >= 15 is 0 Å². The molecule has 0 bridgehead atoms. The van der Waals surface area contributed by atoms with Crippen molar-refractivity contribution in [2.75, 3.05) is 25.2 Å². The summed E-state index contributed by atoms with van der Waals surface area (Å²) in [7, 11) is 0. The van der Waals surface area contributed by atoms with Gasteiger partial charge in [-0.1, -0.05) is 120 Å². The Bertz CT molecular complexity index is 362. The maximum atomic E-state index is 11.8. The molecule has 3 nitrogen and oxygen atoms in total. The van der Waals surface area contributed by atoms with Crippen LogP contribution in [0.2, 0.25) is 0 Å². The summed E-state index contributed by atoms with van der Waals surface area (Å²) >= 11 is 3.39. The lowest BCUT2D eigenvalue weighted by Crippen LogP contribution is -2.19. The Labute approximate surface area is 202 Å². The summed E-state index contributed by atoms with van der Waals surface area (Å²) < 4.78 is 11.3. The minimum Gasteiger partial charge on any atom is -0.465 e. The summed E-state index contributed by atoms with van der Waals surface area (Å²) in [5.41, 5.74) is 0. The molecular formula is C27H53BrO3. The Hall–Kier alpha value is -0.0900. The molecule has 1 unspecified atom stereocenters. The molecule has 0 aliphatic heterocycles. The molecule has 0 aromatic carbocycles. The van der Waals surface area contributed by atoms with Crippen LogP contribution in [0.25, 0.3) is 0 Å².